The highest BCUT2D eigenvalue weighted by Gasteiger charge is 2.18. The van der Waals surface area contributed by atoms with Gasteiger partial charge < -0.3 is 5.32 Å². The second kappa shape index (κ2) is 8.92. The maximum absolute atomic E-state index is 13.5. The molecular formula is C25H23FN4O. The average Bonchev–Trinajstić information content (AvgIpc) is 2.81. The van der Waals surface area contributed by atoms with E-state index in [4.69, 9.17) is 4.98 Å². The normalized spacial score (nSPS) is 11.8. The number of hydrogen-bond donors (Lipinski definition) is 1. The molecule has 2 aromatic heterocycles. The van der Waals surface area contributed by atoms with E-state index < -0.39 is 0 Å². The second-order valence-corrected chi connectivity index (χ2v) is 7.46. The van der Waals surface area contributed by atoms with E-state index in [-0.39, 0.29) is 17.3 Å². The zero-order valence-electron chi connectivity index (χ0n) is 17.4. The number of hydrogen-bond acceptors (Lipinski definition) is 4. The van der Waals surface area contributed by atoms with Crippen LogP contribution in [-0.4, -0.2) is 21.1 Å². The van der Waals surface area contributed by atoms with Crippen LogP contribution in [-0.2, 0) is 7.05 Å². The van der Waals surface area contributed by atoms with Gasteiger partial charge in [-0.2, -0.15) is 0 Å². The highest BCUT2D eigenvalue weighted by Crippen LogP contribution is 2.29. The van der Waals surface area contributed by atoms with Gasteiger partial charge in [0.1, 0.15) is 5.82 Å². The van der Waals surface area contributed by atoms with Crippen LogP contribution < -0.4 is 10.9 Å². The molecule has 0 radical (unpaired) electrons. The molecule has 0 aliphatic rings. The predicted octanol–water partition coefficient (Wildman–Crippen LogP) is 4.86. The number of aromatic nitrogens is 3. The first-order valence-electron chi connectivity index (χ1n) is 10.1. The Morgan fingerprint density at radius 3 is 2.32 bits per heavy atom. The van der Waals surface area contributed by atoms with Crippen molar-refractivity contribution in [2.45, 2.75) is 12.8 Å². The Kier molecular flexibility index (Phi) is 5.89. The summed E-state index contributed by atoms with van der Waals surface area (Å²) in [6.07, 6.45) is 3.32. The van der Waals surface area contributed by atoms with E-state index in [0.29, 0.717) is 29.3 Å². The van der Waals surface area contributed by atoms with E-state index in [1.54, 1.807) is 31.6 Å². The Hall–Kier alpha value is -3.80. The zero-order chi connectivity index (χ0) is 21.8. The monoisotopic (exact) mass is 414 g/mol. The molecule has 0 aliphatic heterocycles. The van der Waals surface area contributed by atoms with Gasteiger partial charge in [-0.25, -0.2) is 9.37 Å². The van der Waals surface area contributed by atoms with Crippen LogP contribution in [0, 0.1) is 5.82 Å². The van der Waals surface area contributed by atoms with Crippen LogP contribution in [0.5, 0.6) is 0 Å². The molecule has 6 heteroatoms. The Morgan fingerprint density at radius 1 is 0.968 bits per heavy atom. The van der Waals surface area contributed by atoms with E-state index in [0.717, 1.165) is 5.56 Å². The molecule has 1 unspecified atom stereocenters. The van der Waals surface area contributed by atoms with Crippen LogP contribution in [0.1, 0.15) is 18.4 Å². The lowest BCUT2D eigenvalue weighted by molar-refractivity contribution is 0.628. The molecule has 31 heavy (non-hydrogen) atoms. The van der Waals surface area contributed by atoms with Crippen molar-refractivity contribution in [2.24, 2.45) is 7.05 Å². The van der Waals surface area contributed by atoms with Gasteiger partial charge in [-0.05, 0) is 41.3 Å². The van der Waals surface area contributed by atoms with Crippen molar-refractivity contribution in [3.63, 3.8) is 0 Å². The number of nitrogens with zero attached hydrogens (tertiary/aromatic N) is 3. The summed E-state index contributed by atoms with van der Waals surface area (Å²) in [4.78, 5) is 22.2. The minimum Gasteiger partial charge on any atom is -0.355 e. The van der Waals surface area contributed by atoms with Crippen LogP contribution in [0.25, 0.3) is 22.4 Å². The van der Waals surface area contributed by atoms with Gasteiger partial charge in [-0.1, -0.05) is 49.4 Å². The fourth-order valence-corrected chi connectivity index (χ4v) is 3.50. The Labute approximate surface area is 180 Å². The maximum Gasteiger partial charge on any atom is 0.263 e. The van der Waals surface area contributed by atoms with Gasteiger partial charge >= 0.3 is 0 Å². The summed E-state index contributed by atoms with van der Waals surface area (Å²) in [5.41, 5.74) is 3.35. The minimum absolute atomic E-state index is 0.205. The van der Waals surface area contributed by atoms with Gasteiger partial charge in [0.25, 0.3) is 5.56 Å². The van der Waals surface area contributed by atoms with Crippen LogP contribution in [0.2, 0.25) is 0 Å². The van der Waals surface area contributed by atoms with Crippen molar-refractivity contribution in [1.29, 1.82) is 0 Å². The SMILES string of the molecule is CC(CNc1nc(-c2ccncc2)c(-c2ccc(F)cc2)c(=O)n1C)c1ccccc1. The molecule has 1 atom stereocenters. The third kappa shape index (κ3) is 4.38. The summed E-state index contributed by atoms with van der Waals surface area (Å²) in [6.45, 7) is 2.74. The van der Waals surface area contributed by atoms with Crippen molar-refractivity contribution >= 4 is 5.95 Å². The van der Waals surface area contributed by atoms with Gasteiger partial charge in [0.15, 0.2) is 0 Å². The topological polar surface area (TPSA) is 59.8 Å². The zero-order valence-corrected chi connectivity index (χ0v) is 17.4. The van der Waals surface area contributed by atoms with Gasteiger partial charge in [-0.15, -0.1) is 0 Å². The molecule has 2 aromatic carbocycles. The molecular weight excluding hydrogens is 391 g/mol. The van der Waals surface area contributed by atoms with Crippen LogP contribution in [0.15, 0.2) is 83.9 Å². The molecule has 0 spiro atoms. The number of rotatable bonds is 6. The summed E-state index contributed by atoms with van der Waals surface area (Å²) in [7, 11) is 1.69. The molecule has 1 N–H and O–H groups in total. The fourth-order valence-electron chi connectivity index (χ4n) is 3.50. The molecule has 156 valence electrons. The number of anilines is 1. The molecule has 4 aromatic rings. The van der Waals surface area contributed by atoms with E-state index in [9.17, 15) is 9.18 Å². The summed E-state index contributed by atoms with van der Waals surface area (Å²) >= 11 is 0. The number of pyridine rings is 1. The van der Waals surface area contributed by atoms with Crippen molar-refractivity contribution in [3.05, 3.63) is 101 Å². The largest absolute Gasteiger partial charge is 0.355 e. The molecule has 0 fully saturated rings. The minimum atomic E-state index is -0.354. The lowest BCUT2D eigenvalue weighted by Crippen LogP contribution is -2.26. The van der Waals surface area contributed by atoms with E-state index >= 15 is 0 Å². The van der Waals surface area contributed by atoms with Crippen LogP contribution in [0.3, 0.4) is 0 Å². The van der Waals surface area contributed by atoms with Gasteiger partial charge in [-0.3, -0.25) is 14.3 Å². The number of benzene rings is 2. The third-order valence-corrected chi connectivity index (χ3v) is 5.31. The van der Waals surface area contributed by atoms with Crippen LogP contribution >= 0.6 is 0 Å². The predicted molar refractivity (Wildman–Crippen MR) is 121 cm³/mol. The van der Waals surface area contributed by atoms with Crippen molar-refractivity contribution < 1.29 is 4.39 Å². The van der Waals surface area contributed by atoms with Crippen LogP contribution in [0.4, 0.5) is 10.3 Å². The number of halogens is 1. The lowest BCUT2D eigenvalue weighted by Gasteiger charge is -2.18. The standard InChI is InChI=1S/C25H23FN4O/c1-17(18-6-4-3-5-7-18)16-28-25-29-23(20-12-14-27-15-13-20)22(24(31)30(25)2)19-8-10-21(26)11-9-19/h3-15,17H,16H2,1-2H3,(H,28,29). The third-order valence-electron chi connectivity index (χ3n) is 5.31. The van der Waals surface area contributed by atoms with E-state index in [2.05, 4.69) is 29.4 Å². The summed E-state index contributed by atoms with van der Waals surface area (Å²) in [6, 6.07) is 19.7. The van der Waals surface area contributed by atoms with Crippen molar-refractivity contribution in [2.75, 3.05) is 11.9 Å². The number of nitrogens with one attached hydrogen (secondary N) is 1. The highest BCUT2D eigenvalue weighted by molar-refractivity contribution is 5.80. The molecule has 2 heterocycles. The Balaban J connectivity index is 1.77. The molecule has 0 bridgehead atoms. The summed E-state index contributed by atoms with van der Waals surface area (Å²) in [5, 5.41) is 3.33. The first kappa shape index (κ1) is 20.5. The fraction of sp³-hybridized carbons (Fsp3) is 0.160. The smallest absolute Gasteiger partial charge is 0.263 e. The lowest BCUT2D eigenvalue weighted by atomic mass is 10.0. The molecule has 0 saturated heterocycles. The van der Waals surface area contributed by atoms with Crippen molar-refractivity contribution in [1.82, 2.24) is 14.5 Å². The van der Waals surface area contributed by atoms with Crippen molar-refractivity contribution in [3.8, 4) is 22.4 Å². The summed E-state index contributed by atoms with van der Waals surface area (Å²) in [5.74, 6) is 0.358. The van der Waals surface area contributed by atoms with Gasteiger partial charge in [0.05, 0.1) is 11.3 Å². The van der Waals surface area contributed by atoms with Gasteiger partial charge in [0, 0.05) is 31.5 Å². The first-order chi connectivity index (χ1) is 15.0. The molecule has 0 aliphatic carbocycles. The first-order valence-corrected chi connectivity index (χ1v) is 10.1. The average molecular weight is 414 g/mol. The second-order valence-electron chi connectivity index (χ2n) is 7.46. The van der Waals surface area contributed by atoms with Gasteiger partial charge in [0.2, 0.25) is 5.95 Å². The van der Waals surface area contributed by atoms with E-state index in [1.807, 2.05) is 30.3 Å². The Morgan fingerprint density at radius 2 is 1.65 bits per heavy atom. The van der Waals surface area contributed by atoms with E-state index in [1.165, 1.54) is 22.3 Å². The maximum atomic E-state index is 13.5. The molecule has 0 saturated carbocycles. The molecule has 0 amide bonds. The molecule has 5 nitrogen and oxygen atoms in total. The quantitative estimate of drug-likeness (QED) is 0.489. The summed E-state index contributed by atoms with van der Waals surface area (Å²) < 4.78 is 15.0. The molecule has 4 rings (SSSR count). The Bertz CT molecular complexity index is 1220. The highest BCUT2D eigenvalue weighted by atomic mass is 19.1.